The van der Waals surface area contributed by atoms with Crippen LogP contribution >= 0.6 is 11.9 Å². The monoisotopic (exact) mass is 388 g/mol. The summed E-state index contributed by atoms with van der Waals surface area (Å²) >= 11 is 1.49. The molecule has 0 saturated heterocycles. The molecule has 2 aromatic heterocycles. The minimum absolute atomic E-state index is 0.653. The molecule has 0 saturated carbocycles. The summed E-state index contributed by atoms with van der Waals surface area (Å²) in [7, 11) is 1.84. The molecule has 0 unspecified atom stereocenters. The zero-order chi connectivity index (χ0) is 19.0. The summed E-state index contributed by atoms with van der Waals surface area (Å²) in [5.41, 5.74) is 1.76. The topological polar surface area (TPSA) is 30.1 Å². The van der Waals surface area contributed by atoms with Gasteiger partial charge in [0.25, 0.3) is 0 Å². The molecule has 0 aliphatic carbocycles. The molecule has 27 heavy (non-hydrogen) atoms. The normalized spacial score (nSPS) is 12.0. The fourth-order valence-electron chi connectivity index (χ4n) is 3.04. The van der Waals surface area contributed by atoms with Crippen LogP contribution in [0.5, 0.6) is 0 Å². The van der Waals surface area contributed by atoms with E-state index in [1.807, 2.05) is 48.1 Å². The number of fused-ring (bicyclic) bond motifs is 1. The second-order valence-corrected chi connectivity index (χ2v) is 7.00. The number of hydrogen-bond acceptors (Lipinski definition) is 3. The van der Waals surface area contributed by atoms with Crippen LogP contribution in [0.3, 0.4) is 0 Å². The van der Waals surface area contributed by atoms with E-state index in [4.69, 9.17) is 4.42 Å². The molecule has 3 nitrogen and oxygen atoms in total. The summed E-state index contributed by atoms with van der Waals surface area (Å²) in [6.45, 7) is 0. The van der Waals surface area contributed by atoms with Gasteiger partial charge in [-0.3, -0.25) is 4.72 Å². The molecule has 0 aliphatic rings. The number of nitrogens with zero attached hydrogens (tertiary/aromatic N) is 1. The Morgan fingerprint density at radius 3 is 2.44 bits per heavy atom. The van der Waals surface area contributed by atoms with Gasteiger partial charge in [-0.2, -0.15) is 13.2 Å². The molecular weight excluding hydrogens is 373 g/mol. The van der Waals surface area contributed by atoms with E-state index >= 15 is 0 Å². The third kappa shape index (κ3) is 3.36. The van der Waals surface area contributed by atoms with Gasteiger partial charge < -0.3 is 8.98 Å². The zero-order valence-electron chi connectivity index (χ0n) is 14.2. The highest BCUT2D eigenvalue weighted by Crippen LogP contribution is 2.36. The molecule has 0 fully saturated rings. The first-order valence-corrected chi connectivity index (χ1v) is 8.99. The summed E-state index contributed by atoms with van der Waals surface area (Å²) < 4.78 is 49.0. The van der Waals surface area contributed by atoms with Crippen LogP contribution in [0.1, 0.15) is 5.56 Å². The van der Waals surface area contributed by atoms with Gasteiger partial charge in [-0.25, -0.2) is 0 Å². The van der Waals surface area contributed by atoms with E-state index < -0.39 is 11.7 Å². The third-order valence-corrected chi connectivity index (χ3v) is 4.95. The predicted octanol–water partition coefficient (Wildman–Crippen LogP) is 6.14. The van der Waals surface area contributed by atoms with Crippen molar-refractivity contribution in [3.8, 4) is 17.0 Å². The number of alkyl halides is 3. The van der Waals surface area contributed by atoms with E-state index in [1.165, 1.54) is 24.1 Å². The summed E-state index contributed by atoms with van der Waals surface area (Å²) in [4.78, 5) is 1.03. The first-order valence-electron chi connectivity index (χ1n) is 8.17. The molecule has 1 N–H and O–H groups in total. The molecule has 2 aromatic carbocycles. The number of aromatic nitrogens is 1. The highest BCUT2D eigenvalue weighted by molar-refractivity contribution is 7.97. The Morgan fingerprint density at radius 1 is 1.04 bits per heavy atom. The van der Waals surface area contributed by atoms with Crippen LogP contribution in [0.25, 0.3) is 27.9 Å². The van der Waals surface area contributed by atoms with Gasteiger partial charge in [0.05, 0.1) is 17.3 Å². The van der Waals surface area contributed by atoms with Crippen LogP contribution in [-0.4, -0.2) is 11.6 Å². The van der Waals surface area contributed by atoms with E-state index in [-0.39, 0.29) is 0 Å². The maximum Gasteiger partial charge on any atom is 0.416 e. The van der Waals surface area contributed by atoms with E-state index in [0.29, 0.717) is 11.4 Å². The minimum atomic E-state index is -4.35. The molecule has 4 aromatic rings. The van der Waals surface area contributed by atoms with Gasteiger partial charge in [0, 0.05) is 27.7 Å². The van der Waals surface area contributed by atoms with Crippen molar-refractivity contribution in [2.24, 2.45) is 0 Å². The molecule has 0 spiro atoms. The van der Waals surface area contributed by atoms with Crippen molar-refractivity contribution in [1.82, 2.24) is 9.29 Å². The Balaban J connectivity index is 1.88. The van der Waals surface area contributed by atoms with Gasteiger partial charge in [-0.15, -0.1) is 0 Å². The molecular formula is C20H15F3N2OS. The SMILES string of the molecule is CNSc1ccc2c(c1)c(-c1ccco1)cn2-c1ccc(C(F)(F)F)cc1. The zero-order valence-corrected chi connectivity index (χ0v) is 15.1. The van der Waals surface area contributed by atoms with Crippen LogP contribution < -0.4 is 4.72 Å². The molecule has 0 bridgehead atoms. The summed E-state index contributed by atoms with van der Waals surface area (Å²) in [6, 6.07) is 14.8. The van der Waals surface area contributed by atoms with E-state index in [9.17, 15) is 13.2 Å². The predicted molar refractivity (Wildman–Crippen MR) is 101 cm³/mol. The summed E-state index contributed by atoms with van der Waals surface area (Å²) in [5, 5.41) is 0.963. The first kappa shape index (κ1) is 17.8. The fraction of sp³-hybridized carbons (Fsp3) is 0.100. The number of benzene rings is 2. The molecule has 0 radical (unpaired) electrons. The van der Waals surface area contributed by atoms with E-state index in [2.05, 4.69) is 4.72 Å². The Bertz CT molecular complexity index is 1070. The maximum atomic E-state index is 12.9. The molecule has 138 valence electrons. The quantitative estimate of drug-likeness (QED) is 0.426. The van der Waals surface area contributed by atoms with Crippen molar-refractivity contribution in [1.29, 1.82) is 0 Å². The lowest BCUT2D eigenvalue weighted by atomic mass is 10.1. The van der Waals surface area contributed by atoms with Crippen molar-refractivity contribution >= 4 is 22.9 Å². The van der Waals surface area contributed by atoms with Crippen molar-refractivity contribution in [2.75, 3.05) is 7.05 Å². The lowest BCUT2D eigenvalue weighted by Gasteiger charge is -2.09. The maximum absolute atomic E-state index is 12.9. The van der Waals surface area contributed by atoms with Crippen LogP contribution in [0.4, 0.5) is 13.2 Å². The molecule has 2 heterocycles. The highest BCUT2D eigenvalue weighted by Gasteiger charge is 2.30. The Hall–Kier alpha value is -2.64. The first-order chi connectivity index (χ1) is 13.0. The van der Waals surface area contributed by atoms with Crippen molar-refractivity contribution in [3.05, 3.63) is 72.6 Å². The van der Waals surface area contributed by atoms with Gasteiger partial charge in [-0.1, -0.05) is 0 Å². The number of rotatable bonds is 4. The Labute approximate surface area is 157 Å². The average Bonchev–Trinajstić information content (AvgIpc) is 3.29. The van der Waals surface area contributed by atoms with Gasteiger partial charge in [0.2, 0.25) is 0 Å². The van der Waals surface area contributed by atoms with Crippen molar-refractivity contribution in [3.63, 3.8) is 0 Å². The Kier molecular flexibility index (Phi) is 4.49. The van der Waals surface area contributed by atoms with Crippen molar-refractivity contribution < 1.29 is 17.6 Å². The van der Waals surface area contributed by atoms with Gasteiger partial charge in [-0.05, 0) is 73.6 Å². The smallest absolute Gasteiger partial charge is 0.416 e. The number of halogens is 3. The van der Waals surface area contributed by atoms with Gasteiger partial charge >= 0.3 is 6.18 Å². The Morgan fingerprint density at radius 2 is 1.81 bits per heavy atom. The molecule has 7 heteroatoms. The number of hydrogen-bond donors (Lipinski definition) is 1. The highest BCUT2D eigenvalue weighted by atomic mass is 32.2. The fourth-order valence-corrected chi connectivity index (χ4v) is 3.59. The van der Waals surface area contributed by atoms with E-state index in [0.717, 1.165) is 33.5 Å². The molecule has 0 aliphatic heterocycles. The lowest BCUT2D eigenvalue weighted by Crippen LogP contribution is -2.04. The van der Waals surface area contributed by atoms with Crippen LogP contribution in [0.2, 0.25) is 0 Å². The van der Waals surface area contributed by atoms with Gasteiger partial charge in [0.1, 0.15) is 5.76 Å². The number of nitrogens with one attached hydrogen (secondary N) is 1. The van der Waals surface area contributed by atoms with Crippen LogP contribution in [0.15, 0.2) is 76.4 Å². The average molecular weight is 388 g/mol. The van der Waals surface area contributed by atoms with Crippen molar-refractivity contribution in [2.45, 2.75) is 11.1 Å². The lowest BCUT2D eigenvalue weighted by molar-refractivity contribution is -0.137. The van der Waals surface area contributed by atoms with Crippen LogP contribution in [-0.2, 0) is 6.18 Å². The third-order valence-electron chi connectivity index (χ3n) is 4.26. The molecule has 4 rings (SSSR count). The molecule has 0 amide bonds. The molecule has 0 atom stereocenters. The second kappa shape index (κ2) is 6.83. The number of furan rings is 1. The van der Waals surface area contributed by atoms with E-state index in [1.54, 1.807) is 6.26 Å². The minimum Gasteiger partial charge on any atom is -0.464 e. The second-order valence-electron chi connectivity index (χ2n) is 5.92. The van der Waals surface area contributed by atoms with Crippen LogP contribution in [0, 0.1) is 0 Å². The van der Waals surface area contributed by atoms with Gasteiger partial charge in [0.15, 0.2) is 0 Å². The summed E-state index contributed by atoms with van der Waals surface area (Å²) in [6.07, 6.45) is -0.862. The largest absolute Gasteiger partial charge is 0.464 e. The standard InChI is InChI=1S/C20H15F3N2OS/c1-24-27-15-8-9-18-16(11-15)17(19-3-2-10-26-19)12-25(18)14-6-4-13(5-7-14)20(21,22)23/h2-12,24H,1H3. The summed E-state index contributed by atoms with van der Waals surface area (Å²) in [5.74, 6) is 0.706.